The summed E-state index contributed by atoms with van der Waals surface area (Å²) in [5.41, 5.74) is -0.850. The van der Waals surface area contributed by atoms with Crippen LogP contribution in [0.25, 0.3) is 0 Å². The quantitative estimate of drug-likeness (QED) is 0.324. The van der Waals surface area contributed by atoms with Crippen molar-refractivity contribution in [2.75, 3.05) is 27.8 Å². The number of rotatable bonds is 8. The molecular formula is C40H66N2O11. The second-order valence-electron chi connectivity index (χ2n) is 16.6. The van der Waals surface area contributed by atoms with E-state index in [-0.39, 0.29) is 18.6 Å². The van der Waals surface area contributed by atoms with Crippen molar-refractivity contribution in [2.45, 2.75) is 180 Å². The van der Waals surface area contributed by atoms with Crippen LogP contribution in [-0.4, -0.2) is 128 Å². The Morgan fingerprint density at radius 2 is 1.68 bits per heavy atom. The lowest BCUT2D eigenvalue weighted by Crippen LogP contribution is -2.60. The summed E-state index contributed by atoms with van der Waals surface area (Å²) in [4.78, 5) is 21.0. The van der Waals surface area contributed by atoms with Crippen molar-refractivity contribution in [3.63, 3.8) is 0 Å². The van der Waals surface area contributed by atoms with Crippen molar-refractivity contribution < 1.29 is 52.5 Å². The van der Waals surface area contributed by atoms with Gasteiger partial charge in [0.2, 0.25) is 0 Å². The topological polar surface area (TPSA) is 136 Å². The highest BCUT2D eigenvalue weighted by molar-refractivity contribution is 5.76. The molecule has 0 aromatic carbocycles. The van der Waals surface area contributed by atoms with Crippen LogP contribution >= 0.6 is 0 Å². The van der Waals surface area contributed by atoms with Crippen LogP contribution in [0.3, 0.4) is 0 Å². The van der Waals surface area contributed by atoms with E-state index in [0.29, 0.717) is 25.4 Å². The number of aliphatic hydroxyl groups is 1. The number of carbonyl (C=O) groups is 1. The molecule has 302 valence electrons. The van der Waals surface area contributed by atoms with Gasteiger partial charge in [0.25, 0.3) is 6.02 Å². The number of nitrogens with zero attached hydrogens (tertiary/aromatic N) is 2. The number of methoxy groups -OCH3 is 2. The Balaban J connectivity index is 1.62. The highest BCUT2D eigenvalue weighted by atomic mass is 16.7. The molecule has 0 spiro atoms. The van der Waals surface area contributed by atoms with E-state index in [0.717, 1.165) is 23.3 Å². The number of esters is 1. The number of likely N-dealkylation sites (N-methyl/N-ethyl adjacent to an activating group) is 1. The van der Waals surface area contributed by atoms with Gasteiger partial charge in [-0.15, -0.1) is 0 Å². The van der Waals surface area contributed by atoms with Crippen LogP contribution < -0.4 is 0 Å². The molecule has 0 unspecified atom stereocenters. The molecule has 3 fully saturated rings. The van der Waals surface area contributed by atoms with Crippen LogP contribution in [0.2, 0.25) is 0 Å². The van der Waals surface area contributed by atoms with Gasteiger partial charge in [-0.25, -0.2) is 4.99 Å². The number of carbonyl (C=O) groups excluding carboxylic acids is 1. The summed E-state index contributed by atoms with van der Waals surface area (Å²) in [6, 6.07) is 0.543. The largest absolute Gasteiger partial charge is 0.479 e. The number of allylic oxidation sites excluding steroid dienone is 1. The molecule has 13 heteroatoms. The zero-order chi connectivity index (χ0) is 39.2. The summed E-state index contributed by atoms with van der Waals surface area (Å²) in [6.45, 7) is 22.1. The third-order valence-corrected chi connectivity index (χ3v) is 12.4. The highest BCUT2D eigenvalue weighted by Gasteiger charge is 2.55. The SMILES string of the molecule is CCN=C1O[C@H]2[C@H](O[C@@H]3[C@@H](C)[C@H](O[C@H]4C[C@@](C)(OC)[C@@H](O)[C@H](C)O4)[C@@H](C)C(=O)O[C@H](CC)[C@@]4(C)C=C(C)/C(=C(\C)C[C@@]3(C)OC)O4)O[C@H](C)C[C@@H]2N1C. The number of amidine groups is 1. The third-order valence-electron chi connectivity index (χ3n) is 12.4. The van der Waals surface area contributed by atoms with Crippen molar-refractivity contribution >= 4 is 12.0 Å². The molecule has 0 radical (unpaired) electrons. The van der Waals surface area contributed by atoms with Gasteiger partial charge < -0.3 is 52.6 Å². The van der Waals surface area contributed by atoms with Crippen LogP contribution in [0.4, 0.5) is 0 Å². The van der Waals surface area contributed by atoms with Gasteiger partial charge in [0.05, 0.1) is 47.6 Å². The lowest BCUT2D eigenvalue weighted by Gasteiger charge is -2.48. The number of aliphatic imine (C=N–C) groups is 1. The Morgan fingerprint density at radius 1 is 1.00 bits per heavy atom. The molecule has 53 heavy (non-hydrogen) atoms. The molecule has 0 aromatic heterocycles. The van der Waals surface area contributed by atoms with Gasteiger partial charge in [0, 0.05) is 46.6 Å². The minimum atomic E-state index is -0.981. The number of cyclic esters (lactones) is 1. The van der Waals surface area contributed by atoms with E-state index in [1.807, 2.05) is 82.4 Å². The first kappa shape index (κ1) is 41.9. The molecule has 0 aromatic rings. The Kier molecular flexibility index (Phi) is 12.7. The summed E-state index contributed by atoms with van der Waals surface area (Å²) < 4.78 is 58.7. The summed E-state index contributed by atoms with van der Waals surface area (Å²) in [6.07, 6.45) is -1.73. The first-order valence-corrected chi connectivity index (χ1v) is 19.5. The van der Waals surface area contributed by atoms with E-state index in [4.69, 9.17) is 42.6 Å². The predicted octanol–water partition coefficient (Wildman–Crippen LogP) is 5.28. The molecule has 0 amide bonds. The second-order valence-corrected chi connectivity index (χ2v) is 16.6. The Hall–Kier alpha value is -2.26. The van der Waals surface area contributed by atoms with Gasteiger partial charge in [-0.1, -0.05) is 13.8 Å². The van der Waals surface area contributed by atoms with Crippen molar-refractivity contribution in [2.24, 2.45) is 16.8 Å². The molecule has 5 aliphatic heterocycles. The molecule has 13 nitrogen and oxygen atoms in total. The fourth-order valence-electron chi connectivity index (χ4n) is 9.17. The van der Waals surface area contributed by atoms with Crippen LogP contribution in [0.5, 0.6) is 0 Å². The lowest BCUT2D eigenvalue weighted by atomic mass is 9.78. The zero-order valence-corrected chi connectivity index (χ0v) is 34.5. The maximum atomic E-state index is 14.4. The first-order valence-electron chi connectivity index (χ1n) is 19.5. The number of aliphatic hydroxyl groups excluding tert-OH is 1. The van der Waals surface area contributed by atoms with Crippen LogP contribution in [-0.2, 0) is 47.4 Å². The lowest BCUT2D eigenvalue weighted by molar-refractivity contribution is -0.314. The fourth-order valence-corrected chi connectivity index (χ4v) is 9.17. The minimum Gasteiger partial charge on any atom is -0.479 e. The zero-order valence-electron chi connectivity index (χ0n) is 34.5. The molecule has 1 N–H and O–H groups in total. The van der Waals surface area contributed by atoms with Gasteiger partial charge in [0.15, 0.2) is 24.3 Å². The van der Waals surface area contributed by atoms with E-state index in [9.17, 15) is 9.90 Å². The van der Waals surface area contributed by atoms with Crippen LogP contribution in [0.15, 0.2) is 28.0 Å². The molecule has 5 heterocycles. The van der Waals surface area contributed by atoms with Crippen molar-refractivity contribution in [1.82, 2.24) is 4.90 Å². The normalized spacial score (nSPS) is 47.5. The molecule has 15 atom stereocenters. The Labute approximate surface area is 316 Å². The molecule has 5 rings (SSSR count). The van der Waals surface area contributed by atoms with Gasteiger partial charge in [-0.2, -0.15) is 0 Å². The van der Waals surface area contributed by atoms with Gasteiger partial charge in [-0.3, -0.25) is 4.79 Å². The van der Waals surface area contributed by atoms with E-state index in [1.54, 1.807) is 21.1 Å². The van der Waals surface area contributed by atoms with Crippen LogP contribution in [0, 0.1) is 11.8 Å². The highest BCUT2D eigenvalue weighted by Crippen LogP contribution is 2.45. The third kappa shape index (κ3) is 8.04. The molecular weight excluding hydrogens is 684 g/mol. The van der Waals surface area contributed by atoms with Crippen molar-refractivity contribution in [1.29, 1.82) is 0 Å². The maximum Gasteiger partial charge on any atom is 0.311 e. The number of hydrogen-bond acceptors (Lipinski definition) is 12. The minimum absolute atomic E-state index is 0.0173. The van der Waals surface area contributed by atoms with E-state index in [2.05, 4.69) is 9.89 Å². The van der Waals surface area contributed by atoms with Crippen molar-refractivity contribution in [3.05, 3.63) is 23.0 Å². The number of fused-ring (bicyclic) bond motifs is 3. The summed E-state index contributed by atoms with van der Waals surface area (Å²) in [5.74, 6) is -0.972. The summed E-state index contributed by atoms with van der Waals surface area (Å²) in [7, 11) is 5.24. The number of ether oxygens (including phenoxy) is 9. The van der Waals surface area contributed by atoms with E-state index >= 15 is 0 Å². The molecule has 0 saturated carbocycles. The summed E-state index contributed by atoms with van der Waals surface area (Å²) in [5, 5.41) is 11.0. The molecule has 5 aliphatic rings. The maximum absolute atomic E-state index is 14.4. The Morgan fingerprint density at radius 3 is 2.30 bits per heavy atom. The Bertz CT molecular complexity index is 1420. The van der Waals surface area contributed by atoms with E-state index < -0.39 is 83.8 Å². The number of hydrogen-bond donors (Lipinski definition) is 1. The first-order chi connectivity index (χ1) is 24.8. The van der Waals surface area contributed by atoms with Crippen LogP contribution in [0.1, 0.15) is 102 Å². The molecule has 3 saturated heterocycles. The average Bonchev–Trinajstić information content (AvgIpc) is 3.60. The smallest absolute Gasteiger partial charge is 0.311 e. The second kappa shape index (κ2) is 16.1. The van der Waals surface area contributed by atoms with Gasteiger partial charge in [-0.05, 0) is 92.4 Å². The van der Waals surface area contributed by atoms with E-state index in [1.165, 1.54) is 0 Å². The monoisotopic (exact) mass is 750 g/mol. The predicted molar refractivity (Wildman–Crippen MR) is 198 cm³/mol. The van der Waals surface area contributed by atoms with Crippen molar-refractivity contribution in [3.8, 4) is 0 Å². The molecule has 2 bridgehead atoms. The standard InChI is InChI=1S/C40H66N2O11/c1-15-28-38(9)18-21(3)30(53-38)22(4)19-40(11,46-14)34(52-36-32-27(17-23(5)47-36)42(12)37(51-32)41-16-2)24(6)31(25(7)35(44)49-28)50-29-20-39(10,45-13)33(43)26(8)48-29/h18,23-29,31-34,36,43H,15-17,19-20H2,1-14H3/b30-22-,41-37?/t23-,24+,25-,26+,27+,28-,29+,31+,32-,33+,34-,36+,38-,39-,40-/m1/s1. The fraction of sp³-hybridized carbons (Fsp3) is 0.850. The molecule has 0 aliphatic carbocycles. The average molecular weight is 751 g/mol. The summed E-state index contributed by atoms with van der Waals surface area (Å²) >= 11 is 0. The van der Waals surface area contributed by atoms with Gasteiger partial charge in [0.1, 0.15) is 18.0 Å². The van der Waals surface area contributed by atoms with Gasteiger partial charge >= 0.3 is 5.97 Å².